The molecule has 23 heavy (non-hydrogen) atoms. The highest BCUT2D eigenvalue weighted by Crippen LogP contribution is 2.18. The molecule has 0 atom stereocenters. The van der Waals surface area contributed by atoms with Gasteiger partial charge >= 0.3 is 0 Å². The van der Waals surface area contributed by atoms with Crippen LogP contribution >= 0.6 is 15.9 Å². The third-order valence-electron chi connectivity index (χ3n) is 3.69. The fourth-order valence-corrected chi connectivity index (χ4v) is 2.81. The highest BCUT2D eigenvalue weighted by Gasteiger charge is 2.05. The SMILES string of the molecule is CCCCN(C)c1ccc(NC(=O)Cc2cccc(Br)c2)cc1. The van der Waals surface area contributed by atoms with Gasteiger partial charge in [-0.25, -0.2) is 0 Å². The van der Waals surface area contributed by atoms with Crippen molar-refractivity contribution in [3.8, 4) is 0 Å². The van der Waals surface area contributed by atoms with E-state index >= 15 is 0 Å². The average molecular weight is 375 g/mol. The first-order valence-electron chi connectivity index (χ1n) is 7.94. The number of hydrogen-bond donors (Lipinski definition) is 1. The van der Waals surface area contributed by atoms with E-state index in [9.17, 15) is 4.79 Å². The number of rotatable bonds is 7. The molecule has 0 bridgehead atoms. The highest BCUT2D eigenvalue weighted by molar-refractivity contribution is 9.10. The summed E-state index contributed by atoms with van der Waals surface area (Å²) in [5.74, 6) is -0.00446. The lowest BCUT2D eigenvalue weighted by molar-refractivity contribution is -0.115. The summed E-state index contributed by atoms with van der Waals surface area (Å²) in [6.45, 7) is 3.24. The normalized spacial score (nSPS) is 10.4. The van der Waals surface area contributed by atoms with Gasteiger partial charge in [0.05, 0.1) is 6.42 Å². The van der Waals surface area contributed by atoms with E-state index in [0.717, 1.165) is 22.3 Å². The molecule has 0 heterocycles. The predicted molar refractivity (Wildman–Crippen MR) is 101 cm³/mol. The molecule has 2 aromatic carbocycles. The van der Waals surface area contributed by atoms with E-state index in [2.05, 4.69) is 40.1 Å². The van der Waals surface area contributed by atoms with Gasteiger partial charge in [-0.1, -0.05) is 41.4 Å². The number of hydrogen-bond acceptors (Lipinski definition) is 2. The van der Waals surface area contributed by atoms with Crippen molar-refractivity contribution in [2.75, 3.05) is 23.8 Å². The van der Waals surface area contributed by atoms with Crippen LogP contribution in [-0.2, 0) is 11.2 Å². The molecule has 2 aromatic rings. The van der Waals surface area contributed by atoms with Crippen LogP contribution in [0.1, 0.15) is 25.3 Å². The molecule has 0 aliphatic heterocycles. The first-order valence-corrected chi connectivity index (χ1v) is 8.73. The minimum atomic E-state index is -0.00446. The number of unbranched alkanes of at least 4 members (excludes halogenated alkanes) is 1. The summed E-state index contributed by atoms with van der Waals surface area (Å²) in [5, 5.41) is 2.95. The Morgan fingerprint density at radius 3 is 2.57 bits per heavy atom. The van der Waals surface area contributed by atoms with Gasteiger partial charge in [-0.05, 0) is 48.4 Å². The minimum absolute atomic E-state index is 0.00446. The molecule has 0 saturated heterocycles. The van der Waals surface area contributed by atoms with E-state index in [0.29, 0.717) is 6.42 Å². The summed E-state index contributed by atoms with van der Waals surface area (Å²) in [6, 6.07) is 15.8. The van der Waals surface area contributed by atoms with Crippen molar-refractivity contribution < 1.29 is 4.79 Å². The Morgan fingerprint density at radius 1 is 1.17 bits per heavy atom. The lowest BCUT2D eigenvalue weighted by Crippen LogP contribution is -2.18. The van der Waals surface area contributed by atoms with Crippen LogP contribution in [0.15, 0.2) is 53.0 Å². The monoisotopic (exact) mass is 374 g/mol. The van der Waals surface area contributed by atoms with Gasteiger partial charge in [0.2, 0.25) is 5.91 Å². The summed E-state index contributed by atoms with van der Waals surface area (Å²) >= 11 is 3.42. The van der Waals surface area contributed by atoms with Crippen molar-refractivity contribution in [1.82, 2.24) is 0 Å². The van der Waals surface area contributed by atoms with E-state index < -0.39 is 0 Å². The molecule has 3 nitrogen and oxygen atoms in total. The minimum Gasteiger partial charge on any atom is -0.375 e. The maximum atomic E-state index is 12.1. The molecule has 0 aliphatic rings. The van der Waals surface area contributed by atoms with Gasteiger partial charge in [-0.2, -0.15) is 0 Å². The van der Waals surface area contributed by atoms with Crippen LogP contribution in [-0.4, -0.2) is 19.5 Å². The van der Waals surface area contributed by atoms with Gasteiger partial charge in [0.15, 0.2) is 0 Å². The van der Waals surface area contributed by atoms with Gasteiger partial charge < -0.3 is 10.2 Å². The van der Waals surface area contributed by atoms with Crippen molar-refractivity contribution in [2.24, 2.45) is 0 Å². The second kappa shape index (κ2) is 8.73. The molecule has 1 amide bonds. The molecular formula is C19H23BrN2O. The topological polar surface area (TPSA) is 32.3 Å². The fourth-order valence-electron chi connectivity index (χ4n) is 2.36. The van der Waals surface area contributed by atoms with Crippen molar-refractivity contribution >= 4 is 33.2 Å². The zero-order valence-electron chi connectivity index (χ0n) is 13.7. The number of benzene rings is 2. The van der Waals surface area contributed by atoms with Gasteiger partial charge in [0, 0.05) is 29.4 Å². The quantitative estimate of drug-likeness (QED) is 0.749. The van der Waals surface area contributed by atoms with Crippen LogP contribution in [0, 0.1) is 0 Å². The summed E-state index contributed by atoms with van der Waals surface area (Å²) in [7, 11) is 2.09. The number of nitrogens with one attached hydrogen (secondary N) is 1. The zero-order valence-corrected chi connectivity index (χ0v) is 15.3. The Balaban J connectivity index is 1.91. The predicted octanol–water partition coefficient (Wildman–Crippen LogP) is 4.87. The molecule has 122 valence electrons. The van der Waals surface area contributed by atoms with Crippen LogP contribution in [0.2, 0.25) is 0 Å². The average Bonchev–Trinajstić information content (AvgIpc) is 2.53. The van der Waals surface area contributed by atoms with Gasteiger partial charge in [-0.15, -0.1) is 0 Å². The van der Waals surface area contributed by atoms with E-state index in [1.807, 2.05) is 48.5 Å². The smallest absolute Gasteiger partial charge is 0.228 e. The zero-order chi connectivity index (χ0) is 16.7. The Labute approximate surface area is 146 Å². The molecule has 1 N–H and O–H groups in total. The number of carbonyl (C=O) groups is 1. The number of carbonyl (C=O) groups excluding carboxylic acids is 1. The number of anilines is 2. The van der Waals surface area contributed by atoms with Gasteiger partial charge in [-0.3, -0.25) is 4.79 Å². The van der Waals surface area contributed by atoms with Gasteiger partial charge in [0.25, 0.3) is 0 Å². The number of halogens is 1. The Morgan fingerprint density at radius 2 is 1.91 bits per heavy atom. The van der Waals surface area contributed by atoms with Crippen LogP contribution in [0.3, 0.4) is 0 Å². The van der Waals surface area contributed by atoms with Crippen molar-refractivity contribution in [1.29, 1.82) is 0 Å². The third-order valence-corrected chi connectivity index (χ3v) is 4.19. The van der Waals surface area contributed by atoms with Crippen molar-refractivity contribution in [3.63, 3.8) is 0 Å². The molecule has 0 saturated carbocycles. The maximum absolute atomic E-state index is 12.1. The summed E-state index contributed by atoms with van der Waals surface area (Å²) in [4.78, 5) is 14.3. The van der Waals surface area contributed by atoms with Crippen LogP contribution < -0.4 is 10.2 Å². The van der Waals surface area contributed by atoms with E-state index in [-0.39, 0.29) is 5.91 Å². The van der Waals surface area contributed by atoms with E-state index in [4.69, 9.17) is 0 Å². The molecule has 0 radical (unpaired) electrons. The summed E-state index contributed by atoms with van der Waals surface area (Å²) in [6.07, 6.45) is 2.74. The molecule has 0 fully saturated rings. The Bertz CT molecular complexity index is 640. The lowest BCUT2D eigenvalue weighted by atomic mass is 10.1. The first kappa shape index (κ1) is 17.5. The fraction of sp³-hybridized carbons (Fsp3) is 0.316. The lowest BCUT2D eigenvalue weighted by Gasteiger charge is -2.19. The third kappa shape index (κ3) is 5.71. The maximum Gasteiger partial charge on any atom is 0.228 e. The molecule has 4 heteroatoms. The largest absolute Gasteiger partial charge is 0.375 e. The van der Waals surface area contributed by atoms with Crippen molar-refractivity contribution in [2.45, 2.75) is 26.2 Å². The molecule has 2 rings (SSSR count). The molecule has 0 unspecified atom stereocenters. The molecule has 0 aromatic heterocycles. The summed E-state index contributed by atoms with van der Waals surface area (Å²) < 4.78 is 0.988. The summed E-state index contributed by atoms with van der Waals surface area (Å²) in [5.41, 5.74) is 2.99. The first-order chi connectivity index (χ1) is 11.1. The molecular weight excluding hydrogens is 352 g/mol. The van der Waals surface area contributed by atoms with E-state index in [1.54, 1.807) is 0 Å². The Hall–Kier alpha value is -1.81. The number of nitrogens with zero attached hydrogens (tertiary/aromatic N) is 1. The standard InChI is InChI=1S/C19H23BrN2O/c1-3-4-12-22(2)18-10-8-17(9-11-18)21-19(23)14-15-6-5-7-16(20)13-15/h5-11,13H,3-4,12,14H2,1-2H3,(H,21,23). The van der Waals surface area contributed by atoms with Crippen LogP contribution in [0.25, 0.3) is 0 Å². The molecule has 0 spiro atoms. The number of amides is 1. The molecule has 0 aliphatic carbocycles. The highest BCUT2D eigenvalue weighted by atomic mass is 79.9. The van der Waals surface area contributed by atoms with Crippen molar-refractivity contribution in [3.05, 3.63) is 58.6 Å². The van der Waals surface area contributed by atoms with E-state index in [1.165, 1.54) is 18.5 Å². The van der Waals surface area contributed by atoms with Crippen LogP contribution in [0.5, 0.6) is 0 Å². The Kier molecular flexibility index (Phi) is 6.66. The second-order valence-corrected chi connectivity index (χ2v) is 6.59. The van der Waals surface area contributed by atoms with Gasteiger partial charge in [0.1, 0.15) is 0 Å². The second-order valence-electron chi connectivity index (χ2n) is 5.68. The van der Waals surface area contributed by atoms with Crippen LogP contribution in [0.4, 0.5) is 11.4 Å².